The maximum Gasteiger partial charge on any atom is 0.262 e. The maximum absolute atomic E-state index is 12.8. The van der Waals surface area contributed by atoms with Gasteiger partial charge in [0.25, 0.3) is 5.56 Å². The van der Waals surface area contributed by atoms with Crippen molar-refractivity contribution < 1.29 is 9.59 Å². The Kier molecular flexibility index (Phi) is 6.70. The molecule has 0 saturated carbocycles. The zero-order chi connectivity index (χ0) is 23.0. The molecule has 1 amide bonds. The normalized spacial score (nSPS) is 14.8. The highest BCUT2D eigenvalue weighted by Gasteiger charge is 2.28. The van der Waals surface area contributed by atoms with Gasteiger partial charge in [-0.3, -0.25) is 19.0 Å². The van der Waals surface area contributed by atoms with Crippen molar-refractivity contribution in [2.45, 2.75) is 39.7 Å². The van der Waals surface area contributed by atoms with Crippen LogP contribution < -0.4 is 5.56 Å². The predicted molar refractivity (Wildman–Crippen MR) is 128 cm³/mol. The molecular formula is C23H23Cl2N3O3S. The maximum atomic E-state index is 12.8. The van der Waals surface area contributed by atoms with Crippen molar-refractivity contribution >= 4 is 56.4 Å². The Hall–Kier alpha value is -2.22. The fourth-order valence-electron chi connectivity index (χ4n) is 4.08. The summed E-state index contributed by atoms with van der Waals surface area (Å²) in [6.45, 7) is 5.23. The van der Waals surface area contributed by atoms with Crippen LogP contribution in [0.1, 0.15) is 40.1 Å². The summed E-state index contributed by atoms with van der Waals surface area (Å²) in [5, 5.41) is 1.42. The van der Waals surface area contributed by atoms with Crippen molar-refractivity contribution in [1.82, 2.24) is 14.5 Å². The smallest absolute Gasteiger partial charge is 0.262 e. The summed E-state index contributed by atoms with van der Waals surface area (Å²) in [5.41, 5.74) is 1.40. The minimum absolute atomic E-state index is 0.0179. The molecule has 6 nitrogen and oxygen atoms in total. The number of nitrogens with zero attached hydrogens (tertiary/aromatic N) is 3. The molecule has 0 bridgehead atoms. The third-order valence-corrected chi connectivity index (χ3v) is 8.00. The third kappa shape index (κ3) is 4.47. The molecule has 4 rings (SSSR count). The Balaban J connectivity index is 1.35. The summed E-state index contributed by atoms with van der Waals surface area (Å²) in [4.78, 5) is 46.3. The molecule has 1 aromatic carbocycles. The van der Waals surface area contributed by atoms with Crippen molar-refractivity contribution in [3.05, 3.63) is 60.9 Å². The van der Waals surface area contributed by atoms with Crippen molar-refractivity contribution in [3.63, 3.8) is 0 Å². The van der Waals surface area contributed by atoms with Gasteiger partial charge in [-0.2, -0.15) is 0 Å². The molecule has 1 aliphatic rings. The van der Waals surface area contributed by atoms with E-state index in [-0.39, 0.29) is 36.1 Å². The third-order valence-electron chi connectivity index (χ3n) is 6.14. The summed E-state index contributed by atoms with van der Waals surface area (Å²) in [5.74, 6) is -0.131. The molecule has 3 heterocycles. The van der Waals surface area contributed by atoms with Gasteiger partial charge in [0.15, 0.2) is 5.78 Å². The van der Waals surface area contributed by atoms with E-state index in [1.54, 1.807) is 23.1 Å². The lowest BCUT2D eigenvalue weighted by Crippen LogP contribution is -2.40. The summed E-state index contributed by atoms with van der Waals surface area (Å²) >= 11 is 13.5. The number of aryl methyl sites for hydroxylation is 3. The van der Waals surface area contributed by atoms with Crippen LogP contribution in [0.15, 0.2) is 29.3 Å². The van der Waals surface area contributed by atoms with Gasteiger partial charge in [0.2, 0.25) is 5.91 Å². The van der Waals surface area contributed by atoms with Crippen LogP contribution in [0, 0.1) is 19.8 Å². The number of likely N-dealkylation sites (tertiary alicyclic amines) is 1. The van der Waals surface area contributed by atoms with Crippen LogP contribution in [-0.4, -0.2) is 39.2 Å². The molecule has 9 heteroatoms. The number of Topliss-reactive ketones (excluding diaryl/α,β-unsaturated/α-hetero) is 1. The van der Waals surface area contributed by atoms with Crippen LogP contribution in [0.5, 0.6) is 0 Å². The van der Waals surface area contributed by atoms with Crippen LogP contribution in [0.25, 0.3) is 10.2 Å². The van der Waals surface area contributed by atoms with Gasteiger partial charge in [-0.1, -0.05) is 23.2 Å². The number of carbonyl (C=O) groups is 2. The van der Waals surface area contributed by atoms with Gasteiger partial charge in [-0.15, -0.1) is 11.3 Å². The van der Waals surface area contributed by atoms with Gasteiger partial charge < -0.3 is 4.90 Å². The van der Waals surface area contributed by atoms with Crippen molar-refractivity contribution in [3.8, 4) is 0 Å². The van der Waals surface area contributed by atoms with Crippen LogP contribution in [0.3, 0.4) is 0 Å². The largest absolute Gasteiger partial charge is 0.343 e. The first-order valence-corrected chi connectivity index (χ1v) is 12.1. The van der Waals surface area contributed by atoms with Gasteiger partial charge in [0.05, 0.1) is 21.8 Å². The minimum Gasteiger partial charge on any atom is -0.343 e. The first-order chi connectivity index (χ1) is 15.3. The van der Waals surface area contributed by atoms with E-state index in [0.717, 1.165) is 15.3 Å². The van der Waals surface area contributed by atoms with Crippen LogP contribution >= 0.6 is 34.5 Å². The number of amides is 1. The highest BCUT2D eigenvalue weighted by atomic mass is 35.5. The van der Waals surface area contributed by atoms with E-state index in [0.29, 0.717) is 46.9 Å². The molecule has 3 aromatic rings. The molecule has 0 spiro atoms. The van der Waals surface area contributed by atoms with Crippen LogP contribution in [0.2, 0.25) is 10.0 Å². The van der Waals surface area contributed by atoms with E-state index in [2.05, 4.69) is 4.98 Å². The Morgan fingerprint density at radius 2 is 1.88 bits per heavy atom. The average Bonchev–Trinajstić information content (AvgIpc) is 3.08. The Labute approximate surface area is 199 Å². The summed E-state index contributed by atoms with van der Waals surface area (Å²) < 4.78 is 1.51. The zero-order valence-electron chi connectivity index (χ0n) is 17.9. The average molecular weight is 492 g/mol. The zero-order valence-corrected chi connectivity index (χ0v) is 20.2. The Bertz CT molecular complexity index is 1260. The molecule has 0 unspecified atom stereocenters. The molecule has 0 radical (unpaired) electrons. The number of halogens is 2. The highest BCUT2D eigenvalue weighted by Crippen LogP contribution is 2.28. The van der Waals surface area contributed by atoms with Gasteiger partial charge in [0.1, 0.15) is 4.83 Å². The lowest BCUT2D eigenvalue weighted by molar-refractivity contribution is -0.132. The summed E-state index contributed by atoms with van der Waals surface area (Å²) in [7, 11) is 0. The fourth-order valence-corrected chi connectivity index (χ4v) is 5.37. The van der Waals surface area contributed by atoms with E-state index in [4.69, 9.17) is 23.2 Å². The SMILES string of the molecule is Cc1sc2ncn(CCC(=O)N3CCC(C(=O)c4ccc(Cl)c(Cl)c4)CC3)c(=O)c2c1C. The molecule has 0 aliphatic carbocycles. The molecule has 32 heavy (non-hydrogen) atoms. The number of hydrogen-bond donors (Lipinski definition) is 0. The number of fused-ring (bicyclic) bond motifs is 1. The van der Waals surface area contributed by atoms with E-state index in [9.17, 15) is 14.4 Å². The Morgan fingerprint density at radius 1 is 1.16 bits per heavy atom. The topological polar surface area (TPSA) is 72.3 Å². The number of rotatable bonds is 5. The van der Waals surface area contributed by atoms with Crippen LogP contribution in [0.4, 0.5) is 0 Å². The first-order valence-electron chi connectivity index (χ1n) is 10.5. The summed E-state index contributed by atoms with van der Waals surface area (Å²) in [6.07, 6.45) is 2.95. The molecule has 1 saturated heterocycles. The number of hydrogen-bond acceptors (Lipinski definition) is 5. The Morgan fingerprint density at radius 3 is 2.56 bits per heavy atom. The number of piperidine rings is 1. The second kappa shape index (κ2) is 9.33. The minimum atomic E-state index is -0.143. The van der Waals surface area contributed by atoms with E-state index in [1.165, 1.54) is 22.2 Å². The molecule has 0 atom stereocenters. The number of benzene rings is 1. The molecular weight excluding hydrogens is 469 g/mol. The van der Waals surface area contributed by atoms with Gasteiger partial charge >= 0.3 is 0 Å². The van der Waals surface area contributed by atoms with E-state index >= 15 is 0 Å². The quantitative estimate of drug-likeness (QED) is 0.476. The summed E-state index contributed by atoms with van der Waals surface area (Å²) in [6, 6.07) is 4.92. The standard InChI is InChI=1S/C23H23Cl2N3O3S/c1-13-14(2)32-22-20(13)23(31)28(12-26-22)10-7-19(29)27-8-5-15(6-9-27)21(30)16-3-4-17(24)18(25)11-16/h3-4,11-12,15H,5-10H2,1-2H3. The predicted octanol–water partition coefficient (Wildman–Crippen LogP) is 4.89. The molecule has 0 N–H and O–H groups in total. The lowest BCUT2D eigenvalue weighted by Gasteiger charge is -2.31. The van der Waals surface area contributed by atoms with Crippen molar-refractivity contribution in [1.29, 1.82) is 0 Å². The van der Waals surface area contributed by atoms with Gasteiger partial charge in [-0.05, 0) is 50.5 Å². The second-order valence-electron chi connectivity index (χ2n) is 8.10. The van der Waals surface area contributed by atoms with Gasteiger partial charge in [0, 0.05) is 42.4 Å². The number of thiophene rings is 1. The van der Waals surface area contributed by atoms with Gasteiger partial charge in [-0.25, -0.2) is 4.98 Å². The number of aromatic nitrogens is 2. The molecule has 168 valence electrons. The molecule has 2 aromatic heterocycles. The van der Waals surface area contributed by atoms with Crippen molar-refractivity contribution in [2.24, 2.45) is 5.92 Å². The molecule has 1 fully saturated rings. The van der Waals surface area contributed by atoms with E-state index < -0.39 is 0 Å². The molecule has 1 aliphatic heterocycles. The fraction of sp³-hybridized carbons (Fsp3) is 0.391. The first kappa shape index (κ1) is 23.0. The van der Waals surface area contributed by atoms with Crippen LogP contribution in [-0.2, 0) is 11.3 Å². The highest BCUT2D eigenvalue weighted by molar-refractivity contribution is 7.18. The van der Waals surface area contributed by atoms with Crippen molar-refractivity contribution in [2.75, 3.05) is 13.1 Å². The lowest BCUT2D eigenvalue weighted by atomic mass is 9.89. The second-order valence-corrected chi connectivity index (χ2v) is 10.1. The number of ketones is 1. The number of carbonyl (C=O) groups excluding carboxylic acids is 2. The monoisotopic (exact) mass is 491 g/mol. The van der Waals surface area contributed by atoms with E-state index in [1.807, 2.05) is 13.8 Å².